The zero-order valence-electron chi connectivity index (χ0n) is 14.0. The van der Waals surface area contributed by atoms with Crippen LogP contribution in [0.25, 0.3) is 17.3 Å². The maximum Gasteiger partial charge on any atom is 0.215 e. The van der Waals surface area contributed by atoms with Crippen LogP contribution in [0.1, 0.15) is 17.4 Å². The fourth-order valence-electron chi connectivity index (χ4n) is 2.86. The zero-order chi connectivity index (χ0) is 18.1. The molecule has 0 radical (unpaired) electrons. The van der Waals surface area contributed by atoms with Crippen molar-refractivity contribution in [3.05, 3.63) is 62.9 Å². The van der Waals surface area contributed by atoms with Crippen LogP contribution in [0.5, 0.6) is 11.6 Å². The quantitative estimate of drug-likeness (QED) is 0.597. The van der Waals surface area contributed by atoms with Crippen molar-refractivity contribution in [3.63, 3.8) is 0 Å². The van der Waals surface area contributed by atoms with Gasteiger partial charge in [0, 0.05) is 17.4 Å². The molecule has 0 saturated carbocycles. The molecule has 1 aliphatic heterocycles. The first-order valence-electron chi connectivity index (χ1n) is 8.20. The Morgan fingerprint density at radius 1 is 1.19 bits per heavy atom. The van der Waals surface area contributed by atoms with Crippen LogP contribution >= 0.6 is 23.6 Å². The van der Waals surface area contributed by atoms with E-state index in [-0.39, 0.29) is 5.88 Å². The molecular formula is C20H16N2O2S2. The highest BCUT2D eigenvalue weighted by Crippen LogP contribution is 2.37. The molecule has 0 atom stereocenters. The van der Waals surface area contributed by atoms with Crippen LogP contribution in [0.3, 0.4) is 0 Å². The Bertz CT molecular complexity index is 1080. The van der Waals surface area contributed by atoms with Crippen molar-refractivity contribution >= 4 is 47.1 Å². The number of allylic oxidation sites excluding steroid dienone is 1. The Labute approximate surface area is 160 Å². The second-order valence-corrected chi connectivity index (χ2v) is 7.37. The van der Waals surface area contributed by atoms with Gasteiger partial charge >= 0.3 is 0 Å². The molecule has 0 saturated heterocycles. The Kier molecular flexibility index (Phi) is 4.44. The predicted octanol–water partition coefficient (Wildman–Crippen LogP) is 5.63. The minimum atomic E-state index is 0.134. The Hall–Kier alpha value is -2.70. The number of hydrogen-bond donors (Lipinski definition) is 1. The molecule has 0 fully saturated rings. The smallest absolute Gasteiger partial charge is 0.215 e. The molecule has 2 aromatic carbocycles. The molecule has 26 heavy (non-hydrogen) atoms. The molecule has 2 heterocycles. The van der Waals surface area contributed by atoms with Gasteiger partial charge in [-0.3, -0.25) is 9.56 Å². The summed E-state index contributed by atoms with van der Waals surface area (Å²) >= 11 is 6.84. The van der Waals surface area contributed by atoms with Crippen molar-refractivity contribution in [2.45, 2.75) is 6.92 Å². The molecule has 0 amide bonds. The molecule has 0 bridgehead atoms. The molecule has 130 valence electrons. The number of fused-ring (bicyclic) bond motifs is 1. The maximum atomic E-state index is 10.7. The monoisotopic (exact) mass is 380 g/mol. The average molecular weight is 380 g/mol. The molecule has 0 aliphatic carbocycles. The predicted molar refractivity (Wildman–Crippen MR) is 110 cm³/mol. The highest BCUT2D eigenvalue weighted by Gasteiger charge is 2.16. The van der Waals surface area contributed by atoms with Gasteiger partial charge in [0.25, 0.3) is 0 Å². The number of aliphatic imine (C=N–C) groups is 1. The number of hydrogen-bond acceptors (Lipinski definition) is 5. The van der Waals surface area contributed by atoms with Crippen LogP contribution in [0, 0.1) is 3.95 Å². The van der Waals surface area contributed by atoms with Crippen molar-refractivity contribution < 1.29 is 9.84 Å². The second kappa shape index (κ2) is 6.90. The molecule has 3 aromatic rings. The minimum absolute atomic E-state index is 0.134. The van der Waals surface area contributed by atoms with Gasteiger partial charge in [0.1, 0.15) is 5.75 Å². The highest BCUT2D eigenvalue weighted by atomic mass is 32.1. The normalized spacial score (nSPS) is 14.0. The number of rotatable bonds is 4. The second-order valence-electron chi connectivity index (χ2n) is 5.69. The first-order chi connectivity index (χ1) is 12.7. The lowest BCUT2D eigenvalue weighted by molar-refractivity contribution is 0.340. The molecule has 4 rings (SSSR count). The average Bonchev–Trinajstić information content (AvgIpc) is 3.18. The molecule has 0 spiro atoms. The third-order valence-corrected chi connectivity index (χ3v) is 5.37. The summed E-state index contributed by atoms with van der Waals surface area (Å²) in [6.07, 6.45) is 3.74. The standard InChI is InChI=1S/C20H16N2O2S2/c1-2-24-15-9-7-14(8-10-15)22-19(23)18(26-20(22)25)11-13-12-21-17-6-4-3-5-16(13)17/h3-12,23H,2H2,1H3/b13-11-. The Morgan fingerprint density at radius 3 is 2.73 bits per heavy atom. The van der Waals surface area contributed by atoms with E-state index < -0.39 is 0 Å². The number of benzene rings is 2. The lowest BCUT2D eigenvalue weighted by Gasteiger charge is -2.07. The van der Waals surface area contributed by atoms with E-state index in [2.05, 4.69) is 4.99 Å². The van der Waals surface area contributed by atoms with Crippen LogP contribution in [-0.4, -0.2) is 22.5 Å². The van der Waals surface area contributed by atoms with E-state index in [1.54, 1.807) is 4.57 Å². The summed E-state index contributed by atoms with van der Waals surface area (Å²) in [6.45, 7) is 2.56. The van der Waals surface area contributed by atoms with E-state index in [9.17, 15) is 5.11 Å². The fraction of sp³-hybridized carbons (Fsp3) is 0.100. The first-order valence-corrected chi connectivity index (χ1v) is 9.43. The van der Waals surface area contributed by atoms with Crippen LogP contribution in [0.4, 0.5) is 5.69 Å². The summed E-state index contributed by atoms with van der Waals surface area (Å²) in [4.78, 5) is 5.11. The fourth-order valence-corrected chi connectivity index (χ4v) is 4.16. The van der Waals surface area contributed by atoms with Crippen molar-refractivity contribution in [1.82, 2.24) is 4.57 Å². The number of aromatic hydroxyl groups is 1. The molecule has 0 unspecified atom stereocenters. The van der Waals surface area contributed by atoms with Gasteiger partial charge in [0.05, 0.1) is 22.9 Å². The first kappa shape index (κ1) is 16.8. The van der Waals surface area contributed by atoms with E-state index in [4.69, 9.17) is 17.0 Å². The van der Waals surface area contributed by atoms with Gasteiger partial charge in [-0.05, 0) is 55.5 Å². The van der Waals surface area contributed by atoms with Gasteiger partial charge in [0.2, 0.25) is 5.88 Å². The number of aromatic nitrogens is 1. The van der Waals surface area contributed by atoms with E-state index in [1.807, 2.05) is 67.7 Å². The largest absolute Gasteiger partial charge is 0.494 e. The summed E-state index contributed by atoms with van der Waals surface area (Å²) in [5.74, 6) is 0.924. The van der Waals surface area contributed by atoms with Crippen molar-refractivity contribution in [1.29, 1.82) is 0 Å². The SMILES string of the molecule is CCOc1ccc(-n2c(O)c(/C=C3/C=Nc4ccccc43)sc2=S)cc1. The number of para-hydroxylation sites is 1. The Balaban J connectivity index is 1.73. The number of nitrogens with zero attached hydrogens (tertiary/aromatic N) is 2. The summed E-state index contributed by atoms with van der Waals surface area (Å²) < 4.78 is 7.72. The van der Waals surface area contributed by atoms with Gasteiger partial charge in [-0.15, -0.1) is 11.3 Å². The van der Waals surface area contributed by atoms with Crippen molar-refractivity contribution in [2.24, 2.45) is 4.99 Å². The summed E-state index contributed by atoms with van der Waals surface area (Å²) in [5, 5.41) is 10.7. The zero-order valence-corrected chi connectivity index (χ0v) is 15.7. The van der Waals surface area contributed by atoms with Crippen LogP contribution in [0.15, 0.2) is 53.5 Å². The lowest BCUT2D eigenvalue weighted by Crippen LogP contribution is -1.95. The van der Waals surface area contributed by atoms with Gasteiger partial charge in [-0.2, -0.15) is 0 Å². The number of thiazole rings is 1. The van der Waals surface area contributed by atoms with E-state index in [0.717, 1.165) is 28.3 Å². The third-order valence-electron chi connectivity index (χ3n) is 4.06. The van der Waals surface area contributed by atoms with Crippen molar-refractivity contribution in [3.8, 4) is 17.3 Å². The minimum Gasteiger partial charge on any atom is -0.494 e. The summed E-state index contributed by atoms with van der Waals surface area (Å²) in [6, 6.07) is 15.4. The van der Waals surface area contributed by atoms with E-state index in [1.165, 1.54) is 11.3 Å². The van der Waals surface area contributed by atoms with Crippen LogP contribution < -0.4 is 4.74 Å². The third kappa shape index (κ3) is 2.98. The molecule has 1 aliphatic rings. The van der Waals surface area contributed by atoms with Gasteiger partial charge in [-0.25, -0.2) is 0 Å². The van der Waals surface area contributed by atoms with Gasteiger partial charge < -0.3 is 9.84 Å². The summed E-state index contributed by atoms with van der Waals surface area (Å²) in [5.41, 5.74) is 3.76. The van der Waals surface area contributed by atoms with E-state index >= 15 is 0 Å². The summed E-state index contributed by atoms with van der Waals surface area (Å²) in [7, 11) is 0. The van der Waals surface area contributed by atoms with E-state index in [0.29, 0.717) is 15.4 Å². The van der Waals surface area contributed by atoms with Crippen LogP contribution in [-0.2, 0) is 0 Å². The molecular weight excluding hydrogens is 364 g/mol. The lowest BCUT2D eigenvalue weighted by atomic mass is 10.1. The highest BCUT2D eigenvalue weighted by molar-refractivity contribution is 7.73. The molecule has 1 N–H and O–H groups in total. The van der Waals surface area contributed by atoms with Crippen LogP contribution in [0.2, 0.25) is 0 Å². The number of ether oxygens (including phenoxy) is 1. The maximum absolute atomic E-state index is 10.7. The topological polar surface area (TPSA) is 46.8 Å². The van der Waals surface area contributed by atoms with Gasteiger partial charge in [0.15, 0.2) is 3.95 Å². The molecule has 6 heteroatoms. The van der Waals surface area contributed by atoms with Gasteiger partial charge in [-0.1, -0.05) is 18.2 Å². The molecule has 4 nitrogen and oxygen atoms in total. The molecule has 1 aromatic heterocycles. The van der Waals surface area contributed by atoms with Crippen molar-refractivity contribution in [2.75, 3.05) is 6.61 Å². The Morgan fingerprint density at radius 2 is 1.96 bits per heavy atom.